The molecule has 11 heteroatoms. The van der Waals surface area contributed by atoms with Crippen molar-refractivity contribution in [2.75, 3.05) is 24.5 Å². The minimum atomic E-state index is -1.26. The van der Waals surface area contributed by atoms with Crippen LogP contribution in [0.25, 0.3) is 0 Å². The molecular weight excluding hydrogens is 465 g/mol. The third kappa shape index (κ3) is 4.57. The van der Waals surface area contributed by atoms with E-state index >= 15 is 0 Å². The van der Waals surface area contributed by atoms with Crippen LogP contribution in [0.2, 0.25) is 5.02 Å². The molecule has 0 saturated carbocycles. The SMILES string of the molecule is C[C@@H]1C[C@@H](O)c2ncnc(N3CCN(N(C(=O)O)[C@@H](C=O)Cc4ccc(Cl)c(F)c4)C[C@@H]3C)c21. The van der Waals surface area contributed by atoms with Crippen molar-refractivity contribution in [1.82, 2.24) is 20.0 Å². The molecule has 2 aromatic rings. The number of rotatable bonds is 6. The van der Waals surface area contributed by atoms with E-state index in [1.54, 1.807) is 11.1 Å². The molecule has 0 radical (unpaired) electrons. The van der Waals surface area contributed by atoms with Gasteiger partial charge in [-0.2, -0.15) is 0 Å². The molecule has 0 spiro atoms. The number of piperazine rings is 1. The van der Waals surface area contributed by atoms with Gasteiger partial charge in [0.2, 0.25) is 0 Å². The number of hydrogen-bond donors (Lipinski definition) is 2. The Hall–Kier alpha value is -2.82. The lowest BCUT2D eigenvalue weighted by molar-refractivity contribution is -0.120. The number of aliphatic hydroxyl groups excluding tert-OH is 1. The summed E-state index contributed by atoms with van der Waals surface area (Å²) in [6, 6.07) is 3.03. The number of hydrogen-bond acceptors (Lipinski definition) is 7. The Morgan fingerprint density at radius 2 is 2.12 bits per heavy atom. The van der Waals surface area contributed by atoms with Crippen LogP contribution in [0.3, 0.4) is 0 Å². The van der Waals surface area contributed by atoms with Crippen LogP contribution in [0.5, 0.6) is 0 Å². The Balaban J connectivity index is 1.53. The number of fused-ring (bicyclic) bond motifs is 1. The van der Waals surface area contributed by atoms with E-state index < -0.39 is 24.1 Å². The highest BCUT2D eigenvalue weighted by Crippen LogP contribution is 2.43. The highest BCUT2D eigenvalue weighted by molar-refractivity contribution is 6.30. The number of carbonyl (C=O) groups is 2. The van der Waals surface area contributed by atoms with E-state index in [4.69, 9.17) is 11.6 Å². The molecule has 0 unspecified atom stereocenters. The lowest BCUT2D eigenvalue weighted by Gasteiger charge is -2.45. The number of halogens is 2. The van der Waals surface area contributed by atoms with Crippen LogP contribution in [-0.2, 0) is 11.2 Å². The largest absolute Gasteiger partial charge is 0.464 e. The molecule has 1 aliphatic heterocycles. The van der Waals surface area contributed by atoms with Crippen molar-refractivity contribution >= 4 is 29.8 Å². The van der Waals surface area contributed by atoms with Crippen molar-refractivity contribution in [3.05, 3.63) is 52.2 Å². The van der Waals surface area contributed by atoms with Crippen LogP contribution < -0.4 is 4.90 Å². The number of amides is 1. The zero-order valence-electron chi connectivity index (χ0n) is 18.9. The Morgan fingerprint density at radius 3 is 2.76 bits per heavy atom. The fourth-order valence-electron chi connectivity index (χ4n) is 4.95. The predicted octanol–water partition coefficient (Wildman–Crippen LogP) is 3.03. The fraction of sp³-hybridized carbons (Fsp3) is 0.478. The molecule has 9 nitrogen and oxygen atoms in total. The summed E-state index contributed by atoms with van der Waals surface area (Å²) in [7, 11) is 0. The first-order chi connectivity index (χ1) is 16.2. The van der Waals surface area contributed by atoms with Crippen molar-refractivity contribution in [3.63, 3.8) is 0 Å². The molecule has 182 valence electrons. The van der Waals surface area contributed by atoms with Gasteiger partial charge in [0, 0.05) is 37.7 Å². The molecule has 2 heterocycles. The van der Waals surface area contributed by atoms with E-state index in [0.717, 1.165) is 16.4 Å². The second kappa shape index (κ2) is 9.81. The third-order valence-electron chi connectivity index (χ3n) is 6.56. The quantitative estimate of drug-likeness (QED) is 0.593. The number of aldehydes is 1. The van der Waals surface area contributed by atoms with Crippen LogP contribution in [0.15, 0.2) is 24.5 Å². The van der Waals surface area contributed by atoms with Gasteiger partial charge in [0.25, 0.3) is 0 Å². The molecule has 1 aromatic heterocycles. The molecule has 4 atom stereocenters. The van der Waals surface area contributed by atoms with Gasteiger partial charge >= 0.3 is 6.09 Å². The van der Waals surface area contributed by atoms with E-state index in [2.05, 4.69) is 14.9 Å². The van der Waals surface area contributed by atoms with Gasteiger partial charge in [0.05, 0.1) is 16.8 Å². The average molecular weight is 492 g/mol. The molecule has 1 aliphatic carbocycles. The maximum atomic E-state index is 13.9. The summed E-state index contributed by atoms with van der Waals surface area (Å²) in [4.78, 5) is 34.9. The molecule has 2 N–H and O–H groups in total. The molecule has 4 rings (SSSR count). The number of benzene rings is 1. The van der Waals surface area contributed by atoms with E-state index in [1.165, 1.54) is 18.5 Å². The zero-order chi connectivity index (χ0) is 24.6. The predicted molar refractivity (Wildman–Crippen MR) is 123 cm³/mol. The summed E-state index contributed by atoms with van der Waals surface area (Å²) >= 11 is 5.73. The molecular formula is C23H27ClFN5O4. The van der Waals surface area contributed by atoms with E-state index in [1.807, 2.05) is 13.8 Å². The molecule has 1 saturated heterocycles. The first-order valence-electron chi connectivity index (χ1n) is 11.2. The van der Waals surface area contributed by atoms with Crippen LogP contribution in [0, 0.1) is 5.82 Å². The smallest absolute Gasteiger partial charge is 0.422 e. The lowest BCUT2D eigenvalue weighted by atomic mass is 10.0. The van der Waals surface area contributed by atoms with Crippen LogP contribution >= 0.6 is 11.6 Å². The van der Waals surface area contributed by atoms with Gasteiger partial charge in [-0.25, -0.2) is 29.2 Å². The maximum Gasteiger partial charge on any atom is 0.422 e. The van der Waals surface area contributed by atoms with Crippen molar-refractivity contribution in [3.8, 4) is 0 Å². The van der Waals surface area contributed by atoms with Gasteiger partial charge in [-0.3, -0.25) is 0 Å². The number of nitrogens with zero attached hydrogens (tertiary/aromatic N) is 5. The van der Waals surface area contributed by atoms with E-state index in [9.17, 15) is 24.2 Å². The van der Waals surface area contributed by atoms with Crippen LogP contribution in [0.1, 0.15) is 49.1 Å². The van der Waals surface area contributed by atoms with Crippen molar-refractivity contribution < 1.29 is 24.2 Å². The fourth-order valence-corrected chi connectivity index (χ4v) is 5.07. The van der Waals surface area contributed by atoms with Gasteiger partial charge in [-0.15, -0.1) is 0 Å². The molecule has 1 amide bonds. The number of carboxylic acid groups (broad SMARTS) is 1. The summed E-state index contributed by atoms with van der Waals surface area (Å²) in [5.41, 5.74) is 2.05. The average Bonchev–Trinajstić information content (AvgIpc) is 3.09. The summed E-state index contributed by atoms with van der Waals surface area (Å²) in [6.45, 7) is 5.13. The van der Waals surface area contributed by atoms with Crippen molar-refractivity contribution in [1.29, 1.82) is 0 Å². The first-order valence-corrected chi connectivity index (χ1v) is 11.5. The summed E-state index contributed by atoms with van der Waals surface area (Å²) in [5.74, 6) is 0.248. The number of aliphatic hydroxyl groups is 1. The summed E-state index contributed by atoms with van der Waals surface area (Å²) in [5, 5.41) is 22.9. The number of hydrazine groups is 1. The standard InChI is InChI=1S/C23H27ClFN5O4/c1-13-7-19(32)21-20(13)22(27-12-26-21)29-6-5-28(10-14(29)2)30(23(33)34)16(11-31)8-15-3-4-17(24)18(25)9-15/h3-4,9,11-14,16,19,32H,5-8,10H2,1-2H3,(H,33,34)/t13-,14+,16-,19-/m1/s1. The van der Waals surface area contributed by atoms with Gasteiger partial charge in [0.15, 0.2) is 0 Å². The summed E-state index contributed by atoms with van der Waals surface area (Å²) in [6.07, 6.45) is 0.759. The molecule has 2 aliphatic rings. The Bertz CT molecular complexity index is 1090. The number of anilines is 1. The van der Waals surface area contributed by atoms with Crippen molar-refractivity contribution in [2.24, 2.45) is 0 Å². The summed E-state index contributed by atoms with van der Waals surface area (Å²) < 4.78 is 13.9. The van der Waals surface area contributed by atoms with E-state index in [0.29, 0.717) is 43.6 Å². The molecule has 1 aromatic carbocycles. The number of carbonyl (C=O) groups excluding carboxylic acids is 1. The third-order valence-corrected chi connectivity index (χ3v) is 6.86. The molecule has 0 bridgehead atoms. The second-order valence-electron chi connectivity index (χ2n) is 8.89. The first kappa shape index (κ1) is 24.3. The highest BCUT2D eigenvalue weighted by atomic mass is 35.5. The minimum Gasteiger partial charge on any atom is -0.464 e. The van der Waals surface area contributed by atoms with Gasteiger partial charge in [-0.1, -0.05) is 24.6 Å². The van der Waals surface area contributed by atoms with Gasteiger partial charge < -0.3 is 19.9 Å². The van der Waals surface area contributed by atoms with E-state index in [-0.39, 0.29) is 23.4 Å². The minimum absolute atomic E-state index is 0.0211. The maximum absolute atomic E-state index is 13.9. The highest BCUT2D eigenvalue weighted by Gasteiger charge is 2.38. The zero-order valence-corrected chi connectivity index (χ0v) is 19.7. The molecule has 34 heavy (non-hydrogen) atoms. The Morgan fingerprint density at radius 1 is 1.35 bits per heavy atom. The van der Waals surface area contributed by atoms with Gasteiger partial charge in [-0.05, 0) is 37.0 Å². The monoisotopic (exact) mass is 491 g/mol. The Labute approximate surface area is 201 Å². The van der Waals surface area contributed by atoms with Crippen LogP contribution in [-0.4, -0.2) is 74.3 Å². The second-order valence-corrected chi connectivity index (χ2v) is 9.29. The molecule has 1 fully saturated rings. The Kier molecular flexibility index (Phi) is 7.01. The normalized spacial score (nSPS) is 23.4. The lowest BCUT2D eigenvalue weighted by Crippen LogP contribution is -2.62. The van der Waals surface area contributed by atoms with Crippen LogP contribution in [0.4, 0.5) is 15.0 Å². The topological polar surface area (TPSA) is 110 Å². The van der Waals surface area contributed by atoms with Gasteiger partial charge in [0.1, 0.15) is 30.3 Å². The number of aromatic nitrogens is 2. The van der Waals surface area contributed by atoms with Crippen molar-refractivity contribution in [2.45, 2.75) is 50.8 Å².